The number of fused-ring (bicyclic) bond motifs is 3. The van der Waals surface area contributed by atoms with Crippen LogP contribution in [0.2, 0.25) is 5.02 Å². The number of aliphatic hydroxyl groups is 1. The first-order chi connectivity index (χ1) is 15.8. The second kappa shape index (κ2) is 8.29. The highest BCUT2D eigenvalue weighted by molar-refractivity contribution is 6.30. The molecule has 2 bridgehead atoms. The number of benzene rings is 1. The molecule has 4 fully saturated rings. The van der Waals surface area contributed by atoms with Crippen molar-refractivity contribution >= 4 is 23.4 Å². The van der Waals surface area contributed by atoms with Gasteiger partial charge in [0.15, 0.2) is 6.61 Å². The van der Waals surface area contributed by atoms with Crippen LogP contribution in [-0.4, -0.2) is 45.9 Å². The van der Waals surface area contributed by atoms with Gasteiger partial charge >= 0.3 is 0 Å². The lowest BCUT2D eigenvalue weighted by molar-refractivity contribution is -0.129. The van der Waals surface area contributed by atoms with E-state index in [4.69, 9.17) is 20.9 Å². The molecule has 1 heterocycles. The van der Waals surface area contributed by atoms with E-state index in [1.807, 2.05) is 0 Å². The molecule has 1 aromatic carbocycles. The van der Waals surface area contributed by atoms with E-state index in [1.165, 1.54) is 12.1 Å². The minimum absolute atomic E-state index is 0.0219. The van der Waals surface area contributed by atoms with Crippen LogP contribution in [0, 0.1) is 5.82 Å². The SMILES string of the molecule is O=C(COc1ccc(Cl)c(F)c1)NC12CCC(NC(=O)c3cc(C4CC4)no3)(CC1)C(O)C2. The third-order valence-electron chi connectivity index (χ3n) is 7.10. The van der Waals surface area contributed by atoms with Gasteiger partial charge in [-0.3, -0.25) is 9.59 Å². The molecular weight excluding hydrogens is 453 g/mol. The van der Waals surface area contributed by atoms with E-state index in [-0.39, 0.29) is 35.0 Å². The molecular formula is C23H25ClFN3O5. The van der Waals surface area contributed by atoms with Gasteiger partial charge in [-0.25, -0.2) is 4.39 Å². The van der Waals surface area contributed by atoms with Gasteiger partial charge in [0.25, 0.3) is 11.8 Å². The summed E-state index contributed by atoms with van der Waals surface area (Å²) in [5, 5.41) is 20.8. The highest BCUT2D eigenvalue weighted by atomic mass is 35.5. The largest absolute Gasteiger partial charge is 0.484 e. The molecule has 0 radical (unpaired) electrons. The maximum atomic E-state index is 13.5. The topological polar surface area (TPSA) is 114 Å². The number of aromatic nitrogens is 1. The number of halogens is 2. The minimum atomic E-state index is -0.818. The fourth-order valence-corrected chi connectivity index (χ4v) is 5.08. The summed E-state index contributed by atoms with van der Waals surface area (Å²) in [5.41, 5.74) is -0.521. The summed E-state index contributed by atoms with van der Waals surface area (Å²) in [6.07, 6.45) is 3.88. The Kier molecular flexibility index (Phi) is 5.56. The van der Waals surface area contributed by atoms with Crippen molar-refractivity contribution < 1.29 is 28.3 Å². The van der Waals surface area contributed by atoms with Crippen LogP contribution >= 0.6 is 11.6 Å². The van der Waals surface area contributed by atoms with Crippen molar-refractivity contribution in [1.82, 2.24) is 15.8 Å². The van der Waals surface area contributed by atoms with Crippen molar-refractivity contribution in [3.8, 4) is 5.75 Å². The fraction of sp³-hybridized carbons (Fsp3) is 0.522. The van der Waals surface area contributed by atoms with Crippen LogP contribution in [0.5, 0.6) is 5.75 Å². The zero-order valence-corrected chi connectivity index (χ0v) is 18.7. The van der Waals surface area contributed by atoms with Crippen molar-refractivity contribution in [2.75, 3.05) is 6.61 Å². The normalized spacial score (nSPS) is 28.4. The molecule has 3 N–H and O–H groups in total. The molecule has 0 aliphatic heterocycles. The standard InChI is InChI=1S/C23H25ClFN3O5/c24-15-4-3-14(9-16(15)25)32-12-20(30)26-22-5-7-23(8-6-22,19(29)11-22)27-21(31)18-10-17(28-33-18)13-1-2-13/h3-4,9-10,13,19,29H,1-2,5-8,11-12H2,(H,26,30)(H,27,31). The average Bonchev–Trinajstić information content (AvgIpc) is 3.52. The number of carbonyl (C=O) groups excluding carboxylic acids is 2. The molecule has 0 saturated heterocycles. The van der Waals surface area contributed by atoms with Crippen LogP contribution in [0.1, 0.15) is 67.1 Å². The van der Waals surface area contributed by atoms with E-state index in [0.29, 0.717) is 38.0 Å². The molecule has 8 nitrogen and oxygen atoms in total. The summed E-state index contributed by atoms with van der Waals surface area (Å²) in [7, 11) is 0. The maximum Gasteiger partial charge on any atom is 0.290 e. The smallest absolute Gasteiger partial charge is 0.290 e. The van der Waals surface area contributed by atoms with Gasteiger partial charge in [0, 0.05) is 23.6 Å². The van der Waals surface area contributed by atoms with Gasteiger partial charge < -0.3 is 25.0 Å². The summed E-state index contributed by atoms with van der Waals surface area (Å²) in [6.45, 7) is -0.282. The Balaban J connectivity index is 1.17. The highest BCUT2D eigenvalue weighted by Crippen LogP contribution is 2.47. The van der Waals surface area contributed by atoms with Crippen LogP contribution in [0.25, 0.3) is 0 Å². The molecule has 4 aliphatic carbocycles. The van der Waals surface area contributed by atoms with E-state index < -0.39 is 23.0 Å². The Morgan fingerprint density at radius 2 is 1.97 bits per heavy atom. The van der Waals surface area contributed by atoms with Crippen LogP contribution < -0.4 is 15.4 Å². The van der Waals surface area contributed by atoms with E-state index in [1.54, 1.807) is 6.07 Å². The molecule has 176 valence electrons. The molecule has 1 atom stereocenters. The highest BCUT2D eigenvalue weighted by Gasteiger charge is 2.55. The average molecular weight is 478 g/mol. The number of ether oxygens (including phenoxy) is 1. The molecule has 4 aliphatic rings. The molecule has 10 heteroatoms. The van der Waals surface area contributed by atoms with Gasteiger partial charge in [-0.2, -0.15) is 0 Å². The number of amides is 2. The molecule has 0 spiro atoms. The van der Waals surface area contributed by atoms with Gasteiger partial charge in [0.05, 0.1) is 22.4 Å². The number of rotatable bonds is 7. The van der Waals surface area contributed by atoms with Crippen molar-refractivity contribution in [2.24, 2.45) is 0 Å². The number of hydrogen-bond acceptors (Lipinski definition) is 6. The molecule has 2 aromatic rings. The fourth-order valence-electron chi connectivity index (χ4n) is 4.96. The number of nitrogens with one attached hydrogen (secondary N) is 2. The predicted molar refractivity (Wildman–Crippen MR) is 116 cm³/mol. The molecule has 6 rings (SSSR count). The third-order valence-corrected chi connectivity index (χ3v) is 7.40. The van der Waals surface area contributed by atoms with Crippen LogP contribution in [0.4, 0.5) is 4.39 Å². The number of carbonyl (C=O) groups is 2. The van der Waals surface area contributed by atoms with Gasteiger partial charge in [-0.05, 0) is 57.1 Å². The summed E-state index contributed by atoms with van der Waals surface area (Å²) < 4.78 is 24.1. The van der Waals surface area contributed by atoms with E-state index in [0.717, 1.165) is 24.6 Å². The van der Waals surface area contributed by atoms with E-state index >= 15 is 0 Å². The lowest BCUT2D eigenvalue weighted by Crippen LogP contribution is -2.70. The lowest BCUT2D eigenvalue weighted by atomic mass is 9.60. The quantitative estimate of drug-likeness (QED) is 0.564. The van der Waals surface area contributed by atoms with Crippen molar-refractivity contribution in [1.29, 1.82) is 0 Å². The Bertz CT molecular complexity index is 1080. The first-order valence-electron chi connectivity index (χ1n) is 11.1. The predicted octanol–water partition coefficient (Wildman–Crippen LogP) is 3.09. The maximum absolute atomic E-state index is 13.5. The molecule has 1 aromatic heterocycles. The van der Waals surface area contributed by atoms with Crippen molar-refractivity contribution in [3.05, 3.63) is 46.6 Å². The summed E-state index contributed by atoms with van der Waals surface area (Å²) in [4.78, 5) is 25.2. The Labute approximate surface area is 194 Å². The van der Waals surface area contributed by atoms with Gasteiger partial charge in [-0.15, -0.1) is 0 Å². The molecule has 2 amide bonds. The van der Waals surface area contributed by atoms with Crippen LogP contribution in [-0.2, 0) is 4.79 Å². The van der Waals surface area contributed by atoms with Gasteiger partial charge in [0.2, 0.25) is 5.76 Å². The monoisotopic (exact) mass is 477 g/mol. The van der Waals surface area contributed by atoms with Crippen LogP contribution in [0.15, 0.2) is 28.8 Å². The summed E-state index contributed by atoms with van der Waals surface area (Å²) in [5.74, 6) is -0.611. The second-order valence-corrected chi connectivity index (χ2v) is 9.82. The molecule has 4 saturated carbocycles. The third kappa shape index (κ3) is 4.44. The number of aliphatic hydroxyl groups excluding tert-OH is 1. The number of nitrogens with zero attached hydrogens (tertiary/aromatic N) is 1. The first kappa shape index (κ1) is 22.2. The molecule has 1 unspecified atom stereocenters. The number of hydrogen-bond donors (Lipinski definition) is 3. The molecule has 33 heavy (non-hydrogen) atoms. The zero-order chi connectivity index (χ0) is 23.2. The summed E-state index contributed by atoms with van der Waals surface area (Å²) in [6, 6.07) is 5.65. The Morgan fingerprint density at radius 3 is 2.64 bits per heavy atom. The summed E-state index contributed by atoms with van der Waals surface area (Å²) >= 11 is 5.65. The lowest BCUT2D eigenvalue weighted by Gasteiger charge is -2.56. The van der Waals surface area contributed by atoms with Crippen molar-refractivity contribution in [2.45, 2.75) is 68.0 Å². The zero-order valence-electron chi connectivity index (χ0n) is 17.9. The Morgan fingerprint density at radius 1 is 1.21 bits per heavy atom. The van der Waals surface area contributed by atoms with Crippen LogP contribution in [0.3, 0.4) is 0 Å². The first-order valence-corrected chi connectivity index (χ1v) is 11.5. The minimum Gasteiger partial charge on any atom is -0.484 e. The second-order valence-electron chi connectivity index (χ2n) is 9.41. The van der Waals surface area contributed by atoms with Gasteiger partial charge in [-0.1, -0.05) is 16.8 Å². The van der Waals surface area contributed by atoms with Crippen molar-refractivity contribution in [3.63, 3.8) is 0 Å². The Hall–Kier alpha value is -2.65. The van der Waals surface area contributed by atoms with E-state index in [9.17, 15) is 19.1 Å². The van der Waals surface area contributed by atoms with E-state index in [2.05, 4.69) is 15.8 Å². The van der Waals surface area contributed by atoms with Gasteiger partial charge in [0.1, 0.15) is 11.6 Å².